The Kier molecular flexibility index (Phi) is 11.0. The first-order chi connectivity index (χ1) is 13.3. The van der Waals surface area contributed by atoms with Gasteiger partial charge in [0.15, 0.2) is 17.4 Å². The van der Waals surface area contributed by atoms with Crippen molar-refractivity contribution in [2.45, 2.75) is 39.2 Å². The lowest BCUT2D eigenvalue weighted by Crippen LogP contribution is -2.27. The Bertz CT molecular complexity index is 634. The summed E-state index contributed by atoms with van der Waals surface area (Å²) in [6, 6.07) is 0.660. The molecular formula is C16H20F5NO5Si. The van der Waals surface area contributed by atoms with E-state index < -0.39 is 48.1 Å². The standard InChI is InChI=1S/C16H20F5NO5Si/c1-3-24-16(25-4-2)27-28-8-6-5-7-22(21)15(23)26-11-9-10(17)12(18)14(20)13(11)19/h9,16H,3-8H2,1-2H3. The van der Waals surface area contributed by atoms with Gasteiger partial charge in [-0.15, -0.1) is 5.12 Å². The van der Waals surface area contributed by atoms with Crippen LogP contribution in [0.4, 0.5) is 26.8 Å². The summed E-state index contributed by atoms with van der Waals surface area (Å²) < 4.78 is 85.9. The van der Waals surface area contributed by atoms with Gasteiger partial charge in [-0.05, 0) is 26.3 Å². The third kappa shape index (κ3) is 7.70. The molecular weight excluding hydrogens is 409 g/mol. The van der Waals surface area contributed by atoms with Crippen LogP contribution in [0, 0.1) is 23.3 Å². The molecule has 0 saturated heterocycles. The maximum Gasteiger partial charge on any atom is 0.443 e. The number of halogens is 5. The molecule has 0 aliphatic rings. The molecule has 0 unspecified atom stereocenters. The van der Waals surface area contributed by atoms with Crippen LogP contribution < -0.4 is 4.74 Å². The molecule has 0 bridgehead atoms. The molecule has 1 rings (SSSR count). The van der Waals surface area contributed by atoms with Crippen LogP contribution in [0.3, 0.4) is 0 Å². The lowest BCUT2D eigenvalue weighted by atomic mass is 10.3. The number of unbranched alkanes of at least 4 members (excludes halogenated alkanes) is 1. The first-order valence-corrected chi connectivity index (χ1v) is 9.53. The Labute approximate surface area is 161 Å². The summed E-state index contributed by atoms with van der Waals surface area (Å²) in [5.41, 5.74) is 0. The van der Waals surface area contributed by atoms with Crippen LogP contribution in [0.15, 0.2) is 6.07 Å². The van der Waals surface area contributed by atoms with E-state index >= 15 is 0 Å². The number of nitrogens with zero attached hydrogens (tertiary/aromatic N) is 1. The number of hydrogen-bond acceptors (Lipinski definition) is 5. The largest absolute Gasteiger partial charge is 0.443 e. The van der Waals surface area contributed by atoms with Crippen molar-refractivity contribution in [1.29, 1.82) is 0 Å². The predicted octanol–water partition coefficient (Wildman–Crippen LogP) is 4.12. The van der Waals surface area contributed by atoms with Crippen LogP contribution in [0.25, 0.3) is 0 Å². The fourth-order valence-electron chi connectivity index (χ4n) is 1.82. The summed E-state index contributed by atoms with van der Waals surface area (Å²) >= 11 is 0. The highest BCUT2D eigenvalue weighted by atomic mass is 28.2. The second-order valence-electron chi connectivity index (χ2n) is 5.17. The second-order valence-corrected chi connectivity index (χ2v) is 6.20. The van der Waals surface area contributed by atoms with Gasteiger partial charge in [0.1, 0.15) is 0 Å². The first kappa shape index (κ1) is 24.3. The highest BCUT2D eigenvalue weighted by Gasteiger charge is 2.24. The van der Waals surface area contributed by atoms with Gasteiger partial charge in [-0.1, -0.05) is 10.9 Å². The number of amides is 1. The van der Waals surface area contributed by atoms with Crippen LogP contribution in [0.5, 0.6) is 5.75 Å². The van der Waals surface area contributed by atoms with E-state index in [0.717, 1.165) is 0 Å². The van der Waals surface area contributed by atoms with Crippen molar-refractivity contribution >= 4 is 15.9 Å². The van der Waals surface area contributed by atoms with Gasteiger partial charge in [0, 0.05) is 19.3 Å². The van der Waals surface area contributed by atoms with Crippen LogP contribution in [-0.4, -0.2) is 47.2 Å². The smallest absolute Gasteiger partial charge is 0.405 e. The zero-order chi connectivity index (χ0) is 21.1. The second kappa shape index (κ2) is 12.6. The van der Waals surface area contributed by atoms with Gasteiger partial charge in [0.25, 0.3) is 6.48 Å². The quantitative estimate of drug-likeness (QED) is 0.0952. The number of carbonyl (C=O) groups is 1. The molecule has 2 radical (unpaired) electrons. The summed E-state index contributed by atoms with van der Waals surface area (Å²) in [6.07, 6.45) is -0.994. The molecule has 0 aromatic heterocycles. The van der Waals surface area contributed by atoms with E-state index in [-0.39, 0.29) is 27.4 Å². The lowest BCUT2D eigenvalue weighted by Gasteiger charge is -2.16. The Morgan fingerprint density at radius 2 is 1.71 bits per heavy atom. The molecule has 0 aliphatic carbocycles. The Hall–Kier alpha value is -1.76. The minimum absolute atomic E-state index is 0.0264. The first-order valence-electron chi connectivity index (χ1n) is 8.41. The zero-order valence-electron chi connectivity index (χ0n) is 15.3. The molecule has 0 saturated carbocycles. The summed E-state index contributed by atoms with van der Waals surface area (Å²) in [6.45, 7) is 3.22. The number of hydrogen-bond donors (Lipinski definition) is 0. The highest BCUT2D eigenvalue weighted by Crippen LogP contribution is 2.25. The molecule has 0 spiro atoms. The minimum atomic E-state index is -2.16. The van der Waals surface area contributed by atoms with Gasteiger partial charge < -0.3 is 18.6 Å². The molecule has 1 amide bonds. The average molecular weight is 429 g/mol. The van der Waals surface area contributed by atoms with E-state index in [4.69, 9.17) is 13.9 Å². The van der Waals surface area contributed by atoms with Gasteiger partial charge in [-0.3, -0.25) is 0 Å². The van der Waals surface area contributed by atoms with Crippen molar-refractivity contribution in [2.75, 3.05) is 19.8 Å². The number of benzene rings is 1. The minimum Gasteiger partial charge on any atom is -0.405 e. The van der Waals surface area contributed by atoms with Crippen molar-refractivity contribution in [3.8, 4) is 5.75 Å². The number of rotatable bonds is 12. The molecule has 1 aromatic rings. The van der Waals surface area contributed by atoms with Gasteiger partial charge >= 0.3 is 6.09 Å². The molecule has 0 fully saturated rings. The predicted molar refractivity (Wildman–Crippen MR) is 88.0 cm³/mol. The number of carbonyl (C=O) groups excluding carboxylic acids is 1. The van der Waals surface area contributed by atoms with Gasteiger partial charge in [-0.2, -0.15) is 4.39 Å². The highest BCUT2D eigenvalue weighted by molar-refractivity contribution is 6.27. The van der Waals surface area contributed by atoms with Crippen molar-refractivity contribution in [3.63, 3.8) is 0 Å². The maximum absolute atomic E-state index is 13.6. The molecule has 28 heavy (non-hydrogen) atoms. The van der Waals surface area contributed by atoms with Crippen LogP contribution in [-0.2, 0) is 13.9 Å². The average Bonchev–Trinajstić information content (AvgIpc) is 2.67. The zero-order valence-corrected chi connectivity index (χ0v) is 16.3. The van der Waals surface area contributed by atoms with Crippen LogP contribution >= 0.6 is 0 Å². The fraction of sp³-hybridized carbons (Fsp3) is 0.562. The summed E-state index contributed by atoms with van der Waals surface area (Å²) in [5.74, 6) is -9.18. The summed E-state index contributed by atoms with van der Waals surface area (Å²) in [4.78, 5) is 11.5. The van der Waals surface area contributed by atoms with E-state index in [9.17, 15) is 26.8 Å². The van der Waals surface area contributed by atoms with Crippen LogP contribution in [0.1, 0.15) is 26.7 Å². The summed E-state index contributed by atoms with van der Waals surface area (Å²) in [7, 11) is 0.0264. The lowest BCUT2D eigenvalue weighted by molar-refractivity contribution is -0.243. The van der Waals surface area contributed by atoms with E-state index in [1.54, 1.807) is 13.8 Å². The van der Waals surface area contributed by atoms with Crippen molar-refractivity contribution in [2.24, 2.45) is 0 Å². The number of ether oxygens (including phenoxy) is 3. The molecule has 6 nitrogen and oxygen atoms in total. The van der Waals surface area contributed by atoms with E-state index in [1.807, 2.05) is 0 Å². The maximum atomic E-state index is 13.6. The molecule has 1 aromatic carbocycles. The van der Waals surface area contributed by atoms with Gasteiger partial charge in [0.2, 0.25) is 21.4 Å². The van der Waals surface area contributed by atoms with E-state index in [0.29, 0.717) is 25.7 Å². The van der Waals surface area contributed by atoms with Crippen LogP contribution in [0.2, 0.25) is 6.04 Å². The molecule has 0 heterocycles. The normalized spacial score (nSPS) is 11.1. The molecule has 12 heteroatoms. The third-order valence-electron chi connectivity index (χ3n) is 3.13. The monoisotopic (exact) mass is 429 g/mol. The van der Waals surface area contributed by atoms with Crippen molar-refractivity contribution in [3.05, 3.63) is 29.3 Å². The Morgan fingerprint density at radius 3 is 2.32 bits per heavy atom. The Morgan fingerprint density at radius 1 is 1.07 bits per heavy atom. The van der Waals surface area contributed by atoms with Gasteiger partial charge in [-0.25, -0.2) is 18.0 Å². The summed E-state index contributed by atoms with van der Waals surface area (Å²) in [5, 5.41) is -0.383. The third-order valence-corrected chi connectivity index (χ3v) is 4.05. The molecule has 0 N–H and O–H groups in total. The van der Waals surface area contributed by atoms with Crippen molar-refractivity contribution in [1.82, 2.24) is 5.12 Å². The van der Waals surface area contributed by atoms with Gasteiger partial charge in [0.05, 0.1) is 6.54 Å². The fourth-order valence-corrected chi connectivity index (χ4v) is 2.61. The van der Waals surface area contributed by atoms with Crippen molar-refractivity contribution < 1.29 is 45.5 Å². The molecule has 158 valence electrons. The van der Waals surface area contributed by atoms with E-state index in [2.05, 4.69) is 4.74 Å². The topological polar surface area (TPSA) is 57.2 Å². The Balaban J connectivity index is 2.34. The molecule has 0 atom stereocenters. The van der Waals surface area contributed by atoms with E-state index in [1.165, 1.54) is 0 Å². The molecule has 0 aliphatic heterocycles. The SMILES string of the molecule is CCOC(OCC)O[Si]CCCCN(F)C(=O)Oc1cc(F)c(F)c(F)c1F.